The number of sulfonamides is 1. The van der Waals surface area contributed by atoms with Gasteiger partial charge in [-0.3, -0.25) is 4.72 Å². The second-order valence-electron chi connectivity index (χ2n) is 7.64. The van der Waals surface area contributed by atoms with E-state index in [2.05, 4.69) is 30.0 Å². The van der Waals surface area contributed by atoms with Crippen molar-refractivity contribution in [3.8, 4) is 5.88 Å². The van der Waals surface area contributed by atoms with E-state index in [1.165, 1.54) is 0 Å². The van der Waals surface area contributed by atoms with Gasteiger partial charge in [-0.05, 0) is 18.4 Å². The Bertz CT molecular complexity index is 938. The van der Waals surface area contributed by atoms with Gasteiger partial charge in [0, 0.05) is 24.1 Å². The maximum absolute atomic E-state index is 11.7. The third kappa shape index (κ3) is 7.71. The van der Waals surface area contributed by atoms with E-state index in [0.29, 0.717) is 30.5 Å². The van der Waals surface area contributed by atoms with Crippen LogP contribution in [-0.2, 0) is 16.4 Å². The smallest absolute Gasteiger partial charge is 0.241 e. The van der Waals surface area contributed by atoms with Crippen LogP contribution in [0.5, 0.6) is 5.88 Å². The standard InChI is InChI=1S/C19H30N6O4S/c1-12(2)9-14(11-26)20-18-22-16(23-19(24-18)25-30(5,27)28)10-13(3)15-7-6-8-17(21-15)29-4/h6-8,12-14,26H,9-11H2,1-5H3,(H2,20,22,23,24,25). The van der Waals surface area contributed by atoms with Gasteiger partial charge in [0.15, 0.2) is 0 Å². The molecule has 10 nitrogen and oxygen atoms in total. The highest BCUT2D eigenvalue weighted by Gasteiger charge is 2.17. The Balaban J connectivity index is 2.30. The number of hydrogen-bond acceptors (Lipinski definition) is 9. The molecule has 0 aromatic carbocycles. The fraction of sp³-hybridized carbons (Fsp3) is 0.579. The molecule has 2 unspecified atom stereocenters. The maximum Gasteiger partial charge on any atom is 0.241 e. The predicted octanol–water partition coefficient (Wildman–Crippen LogP) is 1.81. The molecule has 3 N–H and O–H groups in total. The van der Waals surface area contributed by atoms with Gasteiger partial charge >= 0.3 is 0 Å². The Hall–Kier alpha value is -2.53. The van der Waals surface area contributed by atoms with Crippen molar-refractivity contribution in [2.24, 2.45) is 5.92 Å². The summed E-state index contributed by atoms with van der Waals surface area (Å²) in [5.41, 5.74) is 0.801. The molecule has 11 heteroatoms. The van der Waals surface area contributed by atoms with Gasteiger partial charge in [0.2, 0.25) is 27.8 Å². The molecule has 2 aromatic rings. The van der Waals surface area contributed by atoms with Gasteiger partial charge < -0.3 is 15.2 Å². The van der Waals surface area contributed by atoms with Crippen molar-refractivity contribution in [1.29, 1.82) is 0 Å². The minimum absolute atomic E-state index is 0.0502. The fourth-order valence-electron chi connectivity index (χ4n) is 2.92. The molecule has 30 heavy (non-hydrogen) atoms. The molecular formula is C19H30N6O4S. The maximum atomic E-state index is 11.7. The van der Waals surface area contributed by atoms with Gasteiger partial charge in [-0.2, -0.15) is 15.0 Å². The Morgan fingerprint density at radius 3 is 2.40 bits per heavy atom. The van der Waals surface area contributed by atoms with Crippen LogP contribution in [0.1, 0.15) is 44.6 Å². The molecule has 0 amide bonds. The summed E-state index contributed by atoms with van der Waals surface area (Å²) in [6.07, 6.45) is 2.14. The predicted molar refractivity (Wildman–Crippen MR) is 115 cm³/mol. The van der Waals surface area contributed by atoms with E-state index in [4.69, 9.17) is 4.74 Å². The molecule has 0 radical (unpaired) electrons. The Morgan fingerprint density at radius 1 is 1.10 bits per heavy atom. The Labute approximate surface area is 177 Å². The molecule has 2 atom stereocenters. The molecule has 2 heterocycles. The first-order valence-electron chi connectivity index (χ1n) is 9.70. The van der Waals surface area contributed by atoms with E-state index >= 15 is 0 Å². The summed E-state index contributed by atoms with van der Waals surface area (Å²) in [5, 5.41) is 12.7. The molecule has 0 saturated heterocycles. The summed E-state index contributed by atoms with van der Waals surface area (Å²) in [7, 11) is -2.01. The summed E-state index contributed by atoms with van der Waals surface area (Å²) >= 11 is 0. The number of methoxy groups -OCH3 is 1. The van der Waals surface area contributed by atoms with Crippen molar-refractivity contribution in [2.45, 2.75) is 45.6 Å². The van der Waals surface area contributed by atoms with E-state index < -0.39 is 10.0 Å². The highest BCUT2D eigenvalue weighted by molar-refractivity contribution is 7.91. The SMILES string of the molecule is COc1cccc(C(C)Cc2nc(NC(CO)CC(C)C)nc(NS(C)(=O)=O)n2)n1. The van der Waals surface area contributed by atoms with E-state index in [1.54, 1.807) is 13.2 Å². The molecule has 0 spiro atoms. The second-order valence-corrected chi connectivity index (χ2v) is 9.38. The fourth-order valence-corrected chi connectivity index (χ4v) is 3.34. The van der Waals surface area contributed by atoms with Crippen molar-refractivity contribution < 1.29 is 18.3 Å². The van der Waals surface area contributed by atoms with Crippen LogP contribution < -0.4 is 14.8 Å². The average molecular weight is 439 g/mol. The van der Waals surface area contributed by atoms with Crippen LogP contribution in [-0.4, -0.2) is 59.5 Å². The summed E-state index contributed by atoms with van der Waals surface area (Å²) in [4.78, 5) is 17.3. The Kier molecular flexibility index (Phi) is 8.30. The normalized spacial score (nSPS) is 13.7. The highest BCUT2D eigenvalue weighted by atomic mass is 32.2. The number of aromatic nitrogens is 4. The first kappa shape index (κ1) is 23.7. The van der Waals surface area contributed by atoms with Crippen LogP contribution in [0.2, 0.25) is 0 Å². The quantitative estimate of drug-likeness (QED) is 0.479. The van der Waals surface area contributed by atoms with E-state index in [-0.39, 0.29) is 30.5 Å². The van der Waals surface area contributed by atoms with Crippen LogP contribution >= 0.6 is 0 Å². The molecule has 2 aromatic heterocycles. The molecule has 0 aliphatic carbocycles. The van der Waals surface area contributed by atoms with E-state index in [1.807, 2.05) is 32.9 Å². The van der Waals surface area contributed by atoms with Gasteiger partial charge in [-0.1, -0.05) is 26.8 Å². The monoisotopic (exact) mass is 438 g/mol. The molecule has 0 aliphatic heterocycles. The lowest BCUT2D eigenvalue weighted by Gasteiger charge is -2.19. The molecule has 0 aliphatic rings. The van der Waals surface area contributed by atoms with Crippen molar-refractivity contribution >= 4 is 21.9 Å². The number of rotatable bonds is 11. The van der Waals surface area contributed by atoms with Crippen LogP contribution in [0.3, 0.4) is 0 Å². The molecule has 0 saturated carbocycles. The lowest BCUT2D eigenvalue weighted by atomic mass is 10.0. The number of nitrogens with one attached hydrogen (secondary N) is 2. The average Bonchev–Trinajstić information content (AvgIpc) is 2.65. The van der Waals surface area contributed by atoms with Crippen LogP contribution in [0.25, 0.3) is 0 Å². The number of pyridine rings is 1. The lowest BCUT2D eigenvalue weighted by molar-refractivity contribution is 0.259. The first-order valence-corrected chi connectivity index (χ1v) is 11.6. The van der Waals surface area contributed by atoms with Gasteiger partial charge in [-0.25, -0.2) is 13.4 Å². The summed E-state index contributed by atoms with van der Waals surface area (Å²) in [6, 6.07) is 5.24. The number of aliphatic hydroxyl groups is 1. The topological polar surface area (TPSA) is 139 Å². The van der Waals surface area contributed by atoms with Crippen LogP contribution in [0.15, 0.2) is 18.2 Å². The molecule has 166 valence electrons. The second kappa shape index (κ2) is 10.5. The zero-order chi connectivity index (χ0) is 22.3. The number of nitrogens with zero attached hydrogens (tertiary/aromatic N) is 4. The lowest BCUT2D eigenvalue weighted by Crippen LogP contribution is -2.27. The third-order valence-corrected chi connectivity index (χ3v) is 4.77. The van der Waals surface area contributed by atoms with Crippen molar-refractivity contribution in [2.75, 3.05) is 30.0 Å². The molecule has 0 bridgehead atoms. The number of hydrogen-bond donors (Lipinski definition) is 3. The van der Waals surface area contributed by atoms with E-state index in [0.717, 1.165) is 11.9 Å². The van der Waals surface area contributed by atoms with Crippen molar-refractivity contribution in [3.63, 3.8) is 0 Å². The first-order chi connectivity index (χ1) is 14.1. The summed E-state index contributed by atoms with van der Waals surface area (Å²) < 4.78 is 30.8. The summed E-state index contributed by atoms with van der Waals surface area (Å²) in [5.74, 6) is 1.34. The molecule has 2 rings (SSSR count). The van der Waals surface area contributed by atoms with Crippen molar-refractivity contribution in [1.82, 2.24) is 19.9 Å². The van der Waals surface area contributed by atoms with Gasteiger partial charge in [0.05, 0.1) is 26.0 Å². The van der Waals surface area contributed by atoms with Gasteiger partial charge in [-0.15, -0.1) is 0 Å². The minimum atomic E-state index is -3.56. The Morgan fingerprint density at radius 2 is 1.80 bits per heavy atom. The minimum Gasteiger partial charge on any atom is -0.481 e. The number of ether oxygens (including phenoxy) is 1. The molecular weight excluding hydrogens is 408 g/mol. The zero-order valence-corrected chi connectivity index (χ0v) is 18.8. The third-order valence-electron chi connectivity index (χ3n) is 4.22. The van der Waals surface area contributed by atoms with Crippen molar-refractivity contribution in [3.05, 3.63) is 29.7 Å². The molecule has 0 fully saturated rings. The van der Waals surface area contributed by atoms with Crippen LogP contribution in [0, 0.1) is 5.92 Å². The zero-order valence-electron chi connectivity index (χ0n) is 18.0. The highest BCUT2D eigenvalue weighted by Crippen LogP contribution is 2.21. The van der Waals surface area contributed by atoms with Gasteiger partial charge in [0.25, 0.3) is 0 Å². The van der Waals surface area contributed by atoms with Gasteiger partial charge in [0.1, 0.15) is 5.82 Å². The number of aliphatic hydroxyl groups excluding tert-OH is 1. The van der Waals surface area contributed by atoms with E-state index in [9.17, 15) is 13.5 Å². The largest absolute Gasteiger partial charge is 0.481 e. The summed E-state index contributed by atoms with van der Waals surface area (Å²) in [6.45, 7) is 5.96. The number of anilines is 2. The van der Waals surface area contributed by atoms with Crippen LogP contribution in [0.4, 0.5) is 11.9 Å².